The topological polar surface area (TPSA) is 228 Å². The van der Waals surface area contributed by atoms with Crippen molar-refractivity contribution in [2.24, 2.45) is 0 Å². The fourth-order valence-corrected chi connectivity index (χ4v) is 8.55. The Balaban J connectivity index is 1.39. The molecular formula is C47H82N5O11P. The first-order chi connectivity index (χ1) is 31.1. The van der Waals surface area contributed by atoms with Gasteiger partial charge >= 0.3 is 19.8 Å². The normalized spacial score (nSPS) is 19.1. The van der Waals surface area contributed by atoms with E-state index in [2.05, 4.69) is 41.0 Å². The lowest BCUT2D eigenvalue weighted by atomic mass is 10.0. The summed E-state index contributed by atoms with van der Waals surface area (Å²) in [6.07, 6.45) is 31.0. The van der Waals surface area contributed by atoms with E-state index in [1.165, 1.54) is 114 Å². The van der Waals surface area contributed by atoms with E-state index in [1.807, 2.05) is 0 Å². The van der Waals surface area contributed by atoms with E-state index in [-0.39, 0.29) is 36.4 Å². The second-order valence-corrected chi connectivity index (χ2v) is 18.8. The van der Waals surface area contributed by atoms with E-state index in [0.717, 1.165) is 57.8 Å². The molecule has 6 atom stereocenters. The Morgan fingerprint density at radius 2 is 1.23 bits per heavy atom. The third kappa shape index (κ3) is 23.0. The second-order valence-electron chi connectivity index (χ2n) is 17.3. The molecule has 3 rings (SSSR count). The second kappa shape index (κ2) is 33.5. The van der Waals surface area contributed by atoms with Gasteiger partial charge in [-0.3, -0.25) is 23.2 Å². The largest absolute Gasteiger partial charge is 0.472 e. The highest BCUT2D eigenvalue weighted by Crippen LogP contribution is 2.45. The van der Waals surface area contributed by atoms with Crippen LogP contribution >= 0.6 is 7.82 Å². The lowest BCUT2D eigenvalue weighted by molar-refractivity contribution is -0.161. The summed E-state index contributed by atoms with van der Waals surface area (Å²) in [6.45, 7) is 2.88. The van der Waals surface area contributed by atoms with Crippen molar-refractivity contribution in [3.05, 3.63) is 24.8 Å². The Morgan fingerprint density at radius 3 is 1.80 bits per heavy atom. The van der Waals surface area contributed by atoms with Gasteiger partial charge in [0.05, 0.1) is 19.5 Å². The maximum Gasteiger partial charge on any atom is 0.472 e. The minimum atomic E-state index is -4.82. The molecule has 2 aromatic rings. The van der Waals surface area contributed by atoms with Gasteiger partial charge in [-0.25, -0.2) is 19.5 Å². The number of carbonyl (C=O) groups is 2. The van der Waals surface area contributed by atoms with Gasteiger partial charge in [0.1, 0.15) is 36.8 Å². The number of unbranched alkanes of at least 4 members (excludes halogenated alkanes) is 23. The van der Waals surface area contributed by atoms with E-state index in [4.69, 9.17) is 29.0 Å². The zero-order valence-corrected chi connectivity index (χ0v) is 39.9. The van der Waals surface area contributed by atoms with Gasteiger partial charge in [0.2, 0.25) is 0 Å². The van der Waals surface area contributed by atoms with Crippen LogP contribution in [0, 0.1) is 0 Å². The fourth-order valence-electron chi connectivity index (χ4n) is 7.78. The van der Waals surface area contributed by atoms with Crippen LogP contribution in [0.1, 0.15) is 200 Å². The summed E-state index contributed by atoms with van der Waals surface area (Å²) < 4.78 is 41.5. The predicted molar refractivity (Wildman–Crippen MR) is 248 cm³/mol. The molecule has 16 nitrogen and oxygen atoms in total. The van der Waals surface area contributed by atoms with Crippen LogP contribution in [0.3, 0.4) is 0 Å². The van der Waals surface area contributed by atoms with E-state index in [1.54, 1.807) is 0 Å². The summed E-state index contributed by atoms with van der Waals surface area (Å²) in [5, 5.41) is 21.4. The molecule has 0 spiro atoms. The molecule has 1 saturated heterocycles. The number of nitrogen functional groups attached to an aromatic ring is 1. The number of fused-ring (bicyclic) bond motifs is 1. The number of hydrogen-bond donors (Lipinski definition) is 4. The molecule has 0 amide bonds. The summed E-state index contributed by atoms with van der Waals surface area (Å²) in [5.74, 6) is -0.870. The van der Waals surface area contributed by atoms with Crippen LogP contribution in [-0.4, -0.2) is 90.8 Å². The Labute approximate surface area is 382 Å². The molecule has 0 radical (unpaired) electrons. The Hall–Kier alpha value is -2.98. The number of aliphatic hydroxyl groups is 2. The Bertz CT molecular complexity index is 1630. The average Bonchev–Trinajstić information content (AvgIpc) is 3.84. The summed E-state index contributed by atoms with van der Waals surface area (Å²) in [4.78, 5) is 48.3. The zero-order valence-electron chi connectivity index (χ0n) is 39.0. The molecule has 2 aromatic heterocycles. The molecule has 5 N–H and O–H groups in total. The molecule has 366 valence electrons. The van der Waals surface area contributed by atoms with E-state index in [0.29, 0.717) is 12.8 Å². The minimum absolute atomic E-state index is 0.117. The van der Waals surface area contributed by atoms with E-state index >= 15 is 0 Å². The van der Waals surface area contributed by atoms with Crippen LogP contribution in [0.25, 0.3) is 11.2 Å². The van der Waals surface area contributed by atoms with Crippen LogP contribution in [0.15, 0.2) is 24.8 Å². The van der Waals surface area contributed by atoms with Gasteiger partial charge in [0.15, 0.2) is 23.8 Å². The number of nitrogens with two attached hydrogens (primary N) is 1. The number of allylic oxidation sites excluding steroid dienone is 2. The Morgan fingerprint density at radius 1 is 0.719 bits per heavy atom. The molecule has 1 aliphatic heterocycles. The molecular weight excluding hydrogens is 842 g/mol. The van der Waals surface area contributed by atoms with Crippen molar-refractivity contribution in [2.45, 2.75) is 224 Å². The number of rotatable bonds is 39. The molecule has 64 heavy (non-hydrogen) atoms. The number of esters is 2. The third-order valence-electron chi connectivity index (χ3n) is 11.7. The number of imidazole rings is 1. The quantitative estimate of drug-likeness (QED) is 0.0212. The molecule has 1 aliphatic rings. The number of anilines is 1. The van der Waals surface area contributed by atoms with Crippen molar-refractivity contribution >= 4 is 36.7 Å². The first-order valence-corrected chi connectivity index (χ1v) is 26.1. The van der Waals surface area contributed by atoms with Crippen LogP contribution in [0.4, 0.5) is 5.82 Å². The average molecular weight is 924 g/mol. The van der Waals surface area contributed by atoms with Gasteiger partial charge in [-0.05, 0) is 38.5 Å². The SMILES string of the molecule is CCCCCCCC/C=C\CCCCCCCC(=O)O[C@H](COC(=O)CCCCCCCCCCCCCCC)COP(=O)(O)OC[C@H]1O[C@@H](n2cnc3c(N)ncnc32)[C@H](O)[C@@H]1O. The fraction of sp³-hybridized carbons (Fsp3) is 0.809. The number of carbonyl (C=O) groups excluding carboxylic acids is 2. The van der Waals surface area contributed by atoms with Crippen molar-refractivity contribution in [1.29, 1.82) is 0 Å². The summed E-state index contributed by atoms with van der Waals surface area (Å²) in [5.41, 5.74) is 6.39. The van der Waals surface area contributed by atoms with Gasteiger partial charge in [-0.15, -0.1) is 0 Å². The molecule has 1 unspecified atom stereocenters. The highest BCUT2D eigenvalue weighted by molar-refractivity contribution is 7.47. The molecule has 1 fully saturated rings. The highest BCUT2D eigenvalue weighted by Gasteiger charge is 2.45. The third-order valence-corrected chi connectivity index (χ3v) is 12.6. The van der Waals surface area contributed by atoms with Crippen LogP contribution in [0.5, 0.6) is 0 Å². The Kier molecular flexibility index (Phi) is 29.0. The highest BCUT2D eigenvalue weighted by atomic mass is 31.2. The van der Waals surface area contributed by atoms with Crippen molar-refractivity contribution in [3.8, 4) is 0 Å². The number of aromatic nitrogens is 4. The van der Waals surface area contributed by atoms with Crippen molar-refractivity contribution in [2.75, 3.05) is 25.6 Å². The van der Waals surface area contributed by atoms with Crippen molar-refractivity contribution in [3.63, 3.8) is 0 Å². The predicted octanol–water partition coefficient (Wildman–Crippen LogP) is 10.1. The van der Waals surface area contributed by atoms with Gasteiger partial charge in [0, 0.05) is 12.8 Å². The van der Waals surface area contributed by atoms with Crippen molar-refractivity contribution in [1.82, 2.24) is 19.5 Å². The standard InChI is InChI=1S/C47H82N5O11P/c1-3-5-7-9-11-13-15-17-18-20-22-24-26-28-30-32-41(54)62-38(33-59-40(53)31-29-27-25-23-21-19-16-14-12-10-8-6-4-2)34-60-64(57,58)61-35-39-43(55)44(56)47(63-39)52-37-51-42-45(48)49-36-50-46(42)52/h17-18,36-39,43-44,47,55-56H,3-16,19-35H2,1-2H3,(H,57,58)(H2,48,49,50)/b18-17-/t38-,39-,43-,44-,47-/m1/s1. The first kappa shape index (κ1) is 55.3. The van der Waals surface area contributed by atoms with Crippen LogP contribution in [-0.2, 0) is 37.4 Å². The molecule has 0 bridgehead atoms. The van der Waals surface area contributed by atoms with E-state index in [9.17, 15) is 29.3 Å². The van der Waals surface area contributed by atoms with E-state index < -0.39 is 63.6 Å². The van der Waals surface area contributed by atoms with Crippen molar-refractivity contribution < 1.29 is 52.5 Å². The summed E-state index contributed by atoms with van der Waals surface area (Å²) in [7, 11) is -4.82. The molecule has 17 heteroatoms. The minimum Gasteiger partial charge on any atom is -0.462 e. The monoisotopic (exact) mass is 924 g/mol. The number of hydrogen-bond acceptors (Lipinski definition) is 14. The van der Waals surface area contributed by atoms with Gasteiger partial charge in [-0.1, -0.05) is 154 Å². The smallest absolute Gasteiger partial charge is 0.462 e. The van der Waals surface area contributed by atoms with Crippen LogP contribution in [0.2, 0.25) is 0 Å². The summed E-state index contributed by atoms with van der Waals surface area (Å²) in [6, 6.07) is 0. The number of phosphoric acid groups is 1. The lowest BCUT2D eigenvalue weighted by Crippen LogP contribution is -2.34. The van der Waals surface area contributed by atoms with Gasteiger partial charge in [-0.2, -0.15) is 0 Å². The number of nitrogens with zero attached hydrogens (tertiary/aromatic N) is 4. The van der Waals surface area contributed by atoms with Gasteiger partial charge < -0.3 is 35.1 Å². The molecule has 3 heterocycles. The zero-order chi connectivity index (χ0) is 46.3. The lowest BCUT2D eigenvalue weighted by Gasteiger charge is -2.21. The molecule has 0 aliphatic carbocycles. The molecule has 0 aromatic carbocycles. The maximum atomic E-state index is 13.0. The van der Waals surface area contributed by atoms with Crippen LogP contribution < -0.4 is 5.73 Å². The van der Waals surface area contributed by atoms with Gasteiger partial charge in [0.25, 0.3) is 0 Å². The number of ether oxygens (including phenoxy) is 3. The summed E-state index contributed by atoms with van der Waals surface area (Å²) >= 11 is 0. The molecule has 0 saturated carbocycles. The first-order valence-electron chi connectivity index (χ1n) is 24.6. The maximum absolute atomic E-state index is 13.0. The number of phosphoric ester groups is 1. The number of aliphatic hydroxyl groups excluding tert-OH is 2.